The van der Waals surface area contributed by atoms with Crippen molar-refractivity contribution in [1.29, 1.82) is 0 Å². The van der Waals surface area contributed by atoms with Crippen molar-refractivity contribution in [3.05, 3.63) is 48.0 Å². The number of hydrogen-bond acceptors (Lipinski definition) is 6. The molecule has 1 N–H and O–H groups in total. The lowest BCUT2D eigenvalue weighted by Crippen LogP contribution is -2.43. The van der Waals surface area contributed by atoms with Crippen molar-refractivity contribution in [2.24, 2.45) is 0 Å². The largest absolute Gasteiger partial charge is 0.573 e. The van der Waals surface area contributed by atoms with Crippen LogP contribution in [-0.2, 0) is 11.3 Å². The van der Waals surface area contributed by atoms with E-state index in [1.165, 1.54) is 23.1 Å². The van der Waals surface area contributed by atoms with Gasteiger partial charge in [-0.15, -0.1) is 13.2 Å². The lowest BCUT2D eigenvalue weighted by molar-refractivity contribution is -0.274. The van der Waals surface area contributed by atoms with E-state index in [-0.39, 0.29) is 17.9 Å². The van der Waals surface area contributed by atoms with Crippen LogP contribution in [0.1, 0.15) is 18.4 Å². The standard InChI is InChI=1S/C22H22F3N3O4S/c1-30-15-6-4-14(5-7-15)12-26-20(29)28(13-17-3-2-10-31-17)21-27-18-9-8-16(11-19(18)33-21)32-22(23,24)25/h4-9,11,17H,2-3,10,12-13H2,1H3,(H,26,29). The molecule has 1 unspecified atom stereocenters. The fourth-order valence-corrected chi connectivity index (χ4v) is 4.46. The average Bonchev–Trinajstić information content (AvgIpc) is 3.44. The number of carbonyl (C=O) groups is 1. The van der Waals surface area contributed by atoms with Gasteiger partial charge in [0.2, 0.25) is 0 Å². The average molecular weight is 481 g/mol. The number of ether oxygens (including phenoxy) is 3. The number of anilines is 1. The maximum atomic E-state index is 13.1. The number of urea groups is 1. The van der Waals surface area contributed by atoms with E-state index in [1.54, 1.807) is 19.2 Å². The summed E-state index contributed by atoms with van der Waals surface area (Å²) in [6.07, 6.45) is -3.19. The molecule has 1 aliphatic rings. The highest BCUT2D eigenvalue weighted by Crippen LogP contribution is 2.34. The van der Waals surface area contributed by atoms with E-state index in [0.717, 1.165) is 29.7 Å². The summed E-state index contributed by atoms with van der Waals surface area (Å²) in [5, 5.41) is 3.25. The van der Waals surface area contributed by atoms with Crippen molar-refractivity contribution in [1.82, 2.24) is 10.3 Å². The van der Waals surface area contributed by atoms with Crippen LogP contribution in [0.2, 0.25) is 0 Å². The normalized spacial score (nSPS) is 16.1. The molecule has 3 aromatic rings. The van der Waals surface area contributed by atoms with Crippen LogP contribution in [0.3, 0.4) is 0 Å². The highest BCUT2D eigenvalue weighted by atomic mass is 32.1. The van der Waals surface area contributed by atoms with Gasteiger partial charge in [0.25, 0.3) is 0 Å². The monoisotopic (exact) mass is 481 g/mol. The number of rotatable bonds is 7. The summed E-state index contributed by atoms with van der Waals surface area (Å²) in [7, 11) is 1.58. The zero-order valence-electron chi connectivity index (χ0n) is 17.7. The van der Waals surface area contributed by atoms with Crippen LogP contribution in [0.25, 0.3) is 10.2 Å². The second kappa shape index (κ2) is 9.84. The molecule has 0 bridgehead atoms. The van der Waals surface area contributed by atoms with Crippen LogP contribution in [0.15, 0.2) is 42.5 Å². The smallest absolute Gasteiger partial charge is 0.497 e. The van der Waals surface area contributed by atoms with Gasteiger partial charge in [-0.1, -0.05) is 23.5 Å². The summed E-state index contributed by atoms with van der Waals surface area (Å²) in [6.45, 7) is 1.21. The minimum absolute atomic E-state index is 0.132. The molecule has 11 heteroatoms. The van der Waals surface area contributed by atoms with Crippen molar-refractivity contribution in [2.75, 3.05) is 25.2 Å². The Bertz CT molecular complexity index is 1100. The lowest BCUT2D eigenvalue weighted by Gasteiger charge is -2.23. The molecule has 0 saturated carbocycles. The van der Waals surface area contributed by atoms with Gasteiger partial charge in [-0.05, 0) is 42.7 Å². The van der Waals surface area contributed by atoms with Crippen LogP contribution < -0.4 is 19.7 Å². The van der Waals surface area contributed by atoms with Gasteiger partial charge in [-0.2, -0.15) is 0 Å². The van der Waals surface area contributed by atoms with E-state index >= 15 is 0 Å². The van der Waals surface area contributed by atoms with Crippen LogP contribution in [0.4, 0.5) is 23.1 Å². The van der Waals surface area contributed by atoms with E-state index < -0.39 is 6.36 Å². The van der Waals surface area contributed by atoms with Crippen LogP contribution >= 0.6 is 11.3 Å². The maximum Gasteiger partial charge on any atom is 0.573 e. The zero-order valence-corrected chi connectivity index (χ0v) is 18.5. The number of fused-ring (bicyclic) bond motifs is 1. The predicted octanol–water partition coefficient (Wildman–Crippen LogP) is 5.10. The van der Waals surface area contributed by atoms with Crippen LogP contribution in [0.5, 0.6) is 11.5 Å². The number of carbonyl (C=O) groups excluding carboxylic acids is 1. The van der Waals surface area contributed by atoms with Crippen molar-refractivity contribution >= 4 is 32.7 Å². The molecule has 1 aliphatic heterocycles. The summed E-state index contributed by atoms with van der Waals surface area (Å²) >= 11 is 1.12. The maximum absolute atomic E-state index is 13.1. The Morgan fingerprint density at radius 3 is 2.67 bits per heavy atom. The molecule has 1 fully saturated rings. The van der Waals surface area contributed by atoms with Gasteiger partial charge in [-0.3, -0.25) is 4.90 Å². The summed E-state index contributed by atoms with van der Waals surface area (Å²) < 4.78 is 53.0. The number of nitrogens with zero attached hydrogens (tertiary/aromatic N) is 2. The fourth-order valence-electron chi connectivity index (χ4n) is 3.46. The van der Waals surface area contributed by atoms with E-state index in [0.29, 0.717) is 40.8 Å². The number of nitrogens with one attached hydrogen (secondary N) is 1. The third-order valence-electron chi connectivity index (χ3n) is 5.07. The number of hydrogen-bond donors (Lipinski definition) is 1. The summed E-state index contributed by atoms with van der Waals surface area (Å²) in [5.74, 6) is 0.383. The topological polar surface area (TPSA) is 72.9 Å². The Morgan fingerprint density at radius 1 is 1.24 bits per heavy atom. The van der Waals surface area contributed by atoms with Crippen LogP contribution in [-0.4, -0.2) is 43.7 Å². The predicted molar refractivity (Wildman–Crippen MR) is 118 cm³/mol. The van der Waals surface area contributed by atoms with Gasteiger partial charge < -0.3 is 19.5 Å². The van der Waals surface area contributed by atoms with Gasteiger partial charge >= 0.3 is 12.4 Å². The molecule has 2 heterocycles. The third kappa shape index (κ3) is 6.05. The first-order valence-electron chi connectivity index (χ1n) is 10.3. The summed E-state index contributed by atoms with van der Waals surface area (Å²) in [6, 6.07) is 10.9. The molecule has 0 radical (unpaired) electrons. The Hall–Kier alpha value is -3.05. The van der Waals surface area contributed by atoms with Crippen LogP contribution in [0, 0.1) is 0 Å². The van der Waals surface area contributed by atoms with Crippen molar-refractivity contribution in [2.45, 2.75) is 31.9 Å². The first kappa shape index (κ1) is 23.1. The second-order valence-corrected chi connectivity index (χ2v) is 8.44. The molecule has 4 rings (SSSR count). The first-order valence-corrected chi connectivity index (χ1v) is 11.1. The molecular formula is C22H22F3N3O4S. The Morgan fingerprint density at radius 2 is 2.00 bits per heavy atom. The molecule has 1 atom stereocenters. The number of aromatic nitrogens is 1. The molecule has 2 amide bonds. The van der Waals surface area contributed by atoms with Gasteiger partial charge in [0.15, 0.2) is 5.13 Å². The van der Waals surface area contributed by atoms with E-state index in [4.69, 9.17) is 9.47 Å². The number of alkyl halides is 3. The zero-order chi connectivity index (χ0) is 23.4. The SMILES string of the molecule is COc1ccc(CNC(=O)N(CC2CCCO2)c2nc3ccc(OC(F)(F)F)cc3s2)cc1. The van der Waals surface area contributed by atoms with Gasteiger partial charge in [0.05, 0.1) is 30.0 Å². The van der Waals surface area contributed by atoms with E-state index in [9.17, 15) is 18.0 Å². The molecule has 0 spiro atoms. The summed E-state index contributed by atoms with van der Waals surface area (Å²) in [5.41, 5.74) is 1.37. The molecule has 1 saturated heterocycles. The number of benzene rings is 2. The summed E-state index contributed by atoms with van der Waals surface area (Å²) in [4.78, 5) is 19.0. The minimum atomic E-state index is -4.78. The molecule has 7 nitrogen and oxygen atoms in total. The molecule has 176 valence electrons. The Labute approximate surface area is 192 Å². The van der Waals surface area contributed by atoms with Gasteiger partial charge in [0.1, 0.15) is 11.5 Å². The highest BCUT2D eigenvalue weighted by Gasteiger charge is 2.31. The Kier molecular flexibility index (Phi) is 6.89. The third-order valence-corrected chi connectivity index (χ3v) is 6.11. The first-order chi connectivity index (χ1) is 15.8. The van der Waals surface area contributed by atoms with Crippen molar-refractivity contribution < 1.29 is 32.2 Å². The van der Waals surface area contributed by atoms with Crippen molar-refractivity contribution in [3.63, 3.8) is 0 Å². The van der Waals surface area contributed by atoms with E-state index in [1.807, 2.05) is 12.1 Å². The number of halogens is 3. The number of amides is 2. The number of methoxy groups -OCH3 is 1. The molecular weight excluding hydrogens is 459 g/mol. The molecule has 0 aliphatic carbocycles. The quantitative estimate of drug-likeness (QED) is 0.509. The van der Waals surface area contributed by atoms with Gasteiger partial charge in [0, 0.05) is 19.2 Å². The second-order valence-electron chi connectivity index (χ2n) is 7.43. The molecule has 1 aromatic heterocycles. The Balaban J connectivity index is 1.53. The molecule has 33 heavy (non-hydrogen) atoms. The van der Waals surface area contributed by atoms with Crippen molar-refractivity contribution in [3.8, 4) is 11.5 Å². The van der Waals surface area contributed by atoms with Gasteiger partial charge in [-0.25, -0.2) is 9.78 Å². The minimum Gasteiger partial charge on any atom is -0.497 e. The highest BCUT2D eigenvalue weighted by molar-refractivity contribution is 7.22. The fraction of sp³-hybridized carbons (Fsp3) is 0.364. The van der Waals surface area contributed by atoms with E-state index in [2.05, 4.69) is 15.0 Å². The number of thiazole rings is 1. The lowest BCUT2D eigenvalue weighted by atomic mass is 10.2. The molecule has 2 aromatic carbocycles.